The van der Waals surface area contributed by atoms with E-state index in [1.54, 1.807) is 6.07 Å². The van der Waals surface area contributed by atoms with Gasteiger partial charge >= 0.3 is 0 Å². The van der Waals surface area contributed by atoms with Crippen molar-refractivity contribution in [1.29, 1.82) is 0 Å². The largest absolute Gasteiger partial charge is 0.370 e. The average Bonchev–Trinajstić information content (AvgIpc) is 2.38. The average molecular weight is 338 g/mol. The van der Waals surface area contributed by atoms with Crippen LogP contribution in [0, 0.1) is 12.7 Å². The molecule has 0 unspecified atom stereocenters. The highest BCUT2D eigenvalue weighted by molar-refractivity contribution is 9.10. The van der Waals surface area contributed by atoms with Crippen LogP contribution < -0.4 is 5.32 Å². The van der Waals surface area contributed by atoms with Crippen LogP contribution in [0.5, 0.6) is 0 Å². The van der Waals surface area contributed by atoms with E-state index in [9.17, 15) is 4.39 Å². The normalized spacial score (nSPS) is 10.7. The van der Waals surface area contributed by atoms with E-state index in [0.29, 0.717) is 10.3 Å². The summed E-state index contributed by atoms with van der Waals surface area (Å²) in [5.74, 6) is 1.17. The summed E-state index contributed by atoms with van der Waals surface area (Å²) < 4.78 is 13.8. The van der Waals surface area contributed by atoms with Crippen molar-refractivity contribution in [2.24, 2.45) is 0 Å². The molecule has 0 saturated heterocycles. The van der Waals surface area contributed by atoms with E-state index in [2.05, 4.69) is 38.1 Å². The molecule has 2 aromatic rings. The van der Waals surface area contributed by atoms with Crippen LogP contribution in [-0.4, -0.2) is 16.5 Å². The molecule has 5 heteroatoms. The number of aromatic nitrogens is 2. The number of nitrogens with zero attached hydrogens (tertiary/aromatic N) is 2. The van der Waals surface area contributed by atoms with Crippen molar-refractivity contribution in [2.75, 3.05) is 11.9 Å². The summed E-state index contributed by atoms with van der Waals surface area (Å²) in [5.41, 5.74) is 2.86. The lowest BCUT2D eigenvalue weighted by Crippen LogP contribution is -2.08. The minimum Gasteiger partial charge on any atom is -0.370 e. The fourth-order valence-electron chi connectivity index (χ4n) is 2.12. The second kappa shape index (κ2) is 6.31. The van der Waals surface area contributed by atoms with Crippen LogP contribution in [-0.2, 0) is 6.42 Å². The molecular formula is C15H17BrFN3. The summed E-state index contributed by atoms with van der Waals surface area (Å²) in [4.78, 5) is 9.12. The van der Waals surface area contributed by atoms with E-state index < -0.39 is 0 Å². The van der Waals surface area contributed by atoms with Gasteiger partial charge in [-0.1, -0.05) is 6.92 Å². The van der Waals surface area contributed by atoms with E-state index in [-0.39, 0.29) is 5.82 Å². The third kappa shape index (κ3) is 2.98. The van der Waals surface area contributed by atoms with Gasteiger partial charge in [0.15, 0.2) is 5.82 Å². The zero-order valence-corrected chi connectivity index (χ0v) is 13.4. The van der Waals surface area contributed by atoms with Crippen molar-refractivity contribution >= 4 is 21.7 Å². The second-order valence-corrected chi connectivity index (χ2v) is 5.32. The van der Waals surface area contributed by atoms with Gasteiger partial charge in [-0.25, -0.2) is 14.4 Å². The lowest BCUT2D eigenvalue weighted by atomic mass is 10.1. The topological polar surface area (TPSA) is 37.8 Å². The molecule has 0 atom stereocenters. The molecule has 0 fully saturated rings. The summed E-state index contributed by atoms with van der Waals surface area (Å²) in [6, 6.07) is 4.53. The maximum Gasteiger partial charge on any atom is 0.162 e. The maximum atomic E-state index is 13.2. The number of hydrogen-bond donors (Lipinski definition) is 1. The Morgan fingerprint density at radius 3 is 2.60 bits per heavy atom. The first-order valence-electron chi connectivity index (χ1n) is 6.63. The van der Waals surface area contributed by atoms with Crippen LogP contribution in [0.4, 0.5) is 10.2 Å². The third-order valence-corrected chi connectivity index (χ3v) is 3.74. The molecule has 3 nitrogen and oxygen atoms in total. The van der Waals surface area contributed by atoms with Crippen molar-refractivity contribution in [3.8, 4) is 11.4 Å². The number of benzene rings is 1. The highest BCUT2D eigenvalue weighted by Crippen LogP contribution is 2.29. The van der Waals surface area contributed by atoms with Gasteiger partial charge in [-0.2, -0.15) is 0 Å². The van der Waals surface area contributed by atoms with Crippen LogP contribution in [0.15, 0.2) is 22.7 Å². The third-order valence-electron chi connectivity index (χ3n) is 3.08. The number of halogens is 2. The van der Waals surface area contributed by atoms with Gasteiger partial charge in [-0.3, -0.25) is 0 Å². The molecule has 2 rings (SSSR count). The summed E-state index contributed by atoms with van der Waals surface area (Å²) >= 11 is 3.37. The van der Waals surface area contributed by atoms with Crippen molar-refractivity contribution < 1.29 is 4.39 Å². The summed E-state index contributed by atoms with van der Waals surface area (Å²) in [5, 5.41) is 3.27. The monoisotopic (exact) mass is 337 g/mol. The van der Waals surface area contributed by atoms with Gasteiger partial charge in [0.25, 0.3) is 0 Å². The van der Waals surface area contributed by atoms with E-state index in [1.807, 2.05) is 13.8 Å². The minimum atomic E-state index is -0.283. The Morgan fingerprint density at radius 1 is 1.25 bits per heavy atom. The molecule has 0 aliphatic rings. The molecule has 1 aromatic carbocycles. The predicted octanol–water partition coefficient (Wildman–Crippen LogP) is 4.35. The molecule has 1 aromatic heterocycles. The van der Waals surface area contributed by atoms with Crippen molar-refractivity contribution in [3.63, 3.8) is 0 Å². The molecule has 1 N–H and O–H groups in total. The molecule has 20 heavy (non-hydrogen) atoms. The van der Waals surface area contributed by atoms with Crippen LogP contribution in [0.2, 0.25) is 0 Å². The molecule has 106 valence electrons. The first-order valence-corrected chi connectivity index (χ1v) is 7.42. The zero-order chi connectivity index (χ0) is 14.7. The summed E-state index contributed by atoms with van der Waals surface area (Å²) in [7, 11) is 0. The van der Waals surface area contributed by atoms with Crippen LogP contribution >= 0.6 is 15.9 Å². The van der Waals surface area contributed by atoms with Gasteiger partial charge < -0.3 is 5.32 Å². The maximum absolute atomic E-state index is 13.2. The molecule has 0 saturated carbocycles. The highest BCUT2D eigenvalue weighted by atomic mass is 79.9. The second-order valence-electron chi connectivity index (χ2n) is 4.47. The SMILES string of the molecule is CCNc1nc(-c2ccc(F)cc2Br)nc(C)c1CC. The molecule has 0 aliphatic heterocycles. The number of nitrogens with one attached hydrogen (secondary N) is 1. The smallest absolute Gasteiger partial charge is 0.162 e. The van der Waals surface area contributed by atoms with Gasteiger partial charge in [-0.05, 0) is 54.4 Å². The zero-order valence-electron chi connectivity index (χ0n) is 11.8. The number of anilines is 1. The predicted molar refractivity (Wildman–Crippen MR) is 83.4 cm³/mol. The summed E-state index contributed by atoms with van der Waals surface area (Å²) in [6.45, 7) is 6.89. The molecule has 0 amide bonds. The first-order chi connectivity index (χ1) is 9.56. The lowest BCUT2D eigenvalue weighted by Gasteiger charge is -2.13. The lowest BCUT2D eigenvalue weighted by molar-refractivity contribution is 0.627. The van der Waals surface area contributed by atoms with Gasteiger partial charge in [0.1, 0.15) is 11.6 Å². The van der Waals surface area contributed by atoms with Gasteiger partial charge in [-0.15, -0.1) is 0 Å². The van der Waals surface area contributed by atoms with Gasteiger partial charge in [0.2, 0.25) is 0 Å². The van der Waals surface area contributed by atoms with Crippen molar-refractivity contribution in [2.45, 2.75) is 27.2 Å². The van der Waals surface area contributed by atoms with E-state index in [0.717, 1.165) is 35.6 Å². The van der Waals surface area contributed by atoms with Crippen LogP contribution in [0.3, 0.4) is 0 Å². The Hall–Kier alpha value is -1.49. The molecule has 0 radical (unpaired) electrons. The highest BCUT2D eigenvalue weighted by Gasteiger charge is 2.13. The quantitative estimate of drug-likeness (QED) is 0.901. The van der Waals surface area contributed by atoms with Gasteiger partial charge in [0.05, 0.1) is 0 Å². The van der Waals surface area contributed by atoms with Gasteiger partial charge in [0, 0.05) is 27.8 Å². The molecule has 1 heterocycles. The Morgan fingerprint density at radius 2 is 2.00 bits per heavy atom. The Kier molecular flexibility index (Phi) is 4.70. The fourth-order valence-corrected chi connectivity index (χ4v) is 2.65. The Balaban J connectivity index is 2.57. The standard InChI is InChI=1S/C15H17BrFN3/c1-4-11-9(3)19-15(20-14(11)18-5-2)12-7-6-10(17)8-13(12)16/h6-8H,4-5H2,1-3H3,(H,18,19,20). The summed E-state index contributed by atoms with van der Waals surface area (Å²) in [6.07, 6.45) is 0.874. The van der Waals surface area contributed by atoms with E-state index in [4.69, 9.17) is 0 Å². The van der Waals surface area contributed by atoms with Crippen LogP contribution in [0.25, 0.3) is 11.4 Å². The molecule has 0 spiro atoms. The number of aryl methyl sites for hydroxylation is 1. The number of hydrogen-bond acceptors (Lipinski definition) is 3. The number of rotatable bonds is 4. The van der Waals surface area contributed by atoms with E-state index in [1.165, 1.54) is 12.1 Å². The van der Waals surface area contributed by atoms with Crippen molar-refractivity contribution in [1.82, 2.24) is 9.97 Å². The Bertz CT molecular complexity index is 629. The van der Waals surface area contributed by atoms with Crippen molar-refractivity contribution in [3.05, 3.63) is 39.7 Å². The minimum absolute atomic E-state index is 0.283. The first kappa shape index (κ1) is 14.9. The molecular weight excluding hydrogens is 321 g/mol. The van der Waals surface area contributed by atoms with Crippen LogP contribution in [0.1, 0.15) is 25.1 Å². The fraction of sp³-hybridized carbons (Fsp3) is 0.333. The Labute approximate surface area is 126 Å². The molecule has 0 bridgehead atoms. The van der Waals surface area contributed by atoms with E-state index >= 15 is 0 Å². The molecule has 0 aliphatic carbocycles.